The molecule has 76 heavy (non-hydrogen) atoms. The summed E-state index contributed by atoms with van der Waals surface area (Å²) in [6, 6.07) is 5.62. The number of halogens is 4. The minimum atomic E-state index is -4.31. The van der Waals surface area contributed by atoms with Crippen molar-refractivity contribution in [2.24, 2.45) is 10.8 Å². The molecule has 2 aromatic heterocycles. The molecule has 4 unspecified atom stereocenters. The fourth-order valence-electron chi connectivity index (χ4n) is 8.33. The van der Waals surface area contributed by atoms with E-state index < -0.39 is 125 Å². The lowest BCUT2D eigenvalue weighted by Crippen LogP contribution is -2.52. The number of nitrogens with zero attached hydrogens (tertiary/aromatic N) is 2. The van der Waals surface area contributed by atoms with Crippen LogP contribution in [0.1, 0.15) is 80.5 Å². The van der Waals surface area contributed by atoms with Gasteiger partial charge in [0.15, 0.2) is 23.1 Å². The van der Waals surface area contributed by atoms with Crippen molar-refractivity contribution in [2.75, 3.05) is 66.2 Å². The van der Waals surface area contributed by atoms with Crippen LogP contribution in [0.2, 0.25) is 0 Å². The smallest absolute Gasteiger partial charge is 0.332 e. The molecule has 0 radical (unpaired) electrons. The van der Waals surface area contributed by atoms with Crippen molar-refractivity contribution >= 4 is 38.6 Å². The minimum Gasteiger partial charge on any atom is -0.503 e. The Morgan fingerprint density at radius 2 is 1.05 bits per heavy atom. The van der Waals surface area contributed by atoms with Gasteiger partial charge in [0.05, 0.1) is 88.1 Å². The molecule has 4 aromatic rings. The lowest BCUT2D eigenvalue weighted by atomic mass is 9.76. The molecule has 28 heteroatoms. The molecule has 6 N–H and O–H groups in total. The van der Waals surface area contributed by atoms with Crippen LogP contribution < -0.4 is 21.5 Å². The van der Waals surface area contributed by atoms with Gasteiger partial charge in [0, 0.05) is 63.0 Å². The Bertz CT molecular complexity index is 3050. The van der Waals surface area contributed by atoms with Crippen molar-refractivity contribution in [3.8, 4) is 11.5 Å². The van der Waals surface area contributed by atoms with Crippen molar-refractivity contribution in [3.63, 3.8) is 0 Å². The molecule has 0 aliphatic carbocycles. The number of fused-ring (bicyclic) bond motifs is 2. The van der Waals surface area contributed by atoms with Crippen molar-refractivity contribution in [1.82, 2.24) is 19.8 Å². The predicted octanol–water partition coefficient (Wildman–Crippen LogP) is 4.44. The van der Waals surface area contributed by atoms with Crippen LogP contribution in [0, 0.1) is 34.1 Å². The SMILES string of the molecule is CCOP(=O)(CCOCC1(C)C(=O)c2c(O)c(=O)c(C(=O)NCc3ccc(F)cc3F)cn2CC1OC)OCC.COC1Cn2cc(C(=O)NCc3ccc(F)cc3F)c(=O)c(O)c2C(=O)C1(C)COCCP(=O)(O)O. The number of Topliss-reactive ketones (excluding diaryl/α,β-unsaturated/α-hetero) is 2. The van der Waals surface area contributed by atoms with Gasteiger partial charge in [-0.25, -0.2) is 17.6 Å². The number of carbonyl (C=O) groups excluding carboxylic acids is 4. The highest BCUT2D eigenvalue weighted by molar-refractivity contribution is 7.53. The average Bonchev–Trinajstić information content (AvgIpc) is 3.36. The third kappa shape index (κ3) is 14.0. The van der Waals surface area contributed by atoms with Gasteiger partial charge in [0.2, 0.25) is 10.9 Å². The number of ketones is 2. The van der Waals surface area contributed by atoms with E-state index in [1.807, 2.05) is 0 Å². The molecule has 2 aromatic carbocycles. The first kappa shape index (κ1) is 60.9. The molecule has 2 amide bonds. The summed E-state index contributed by atoms with van der Waals surface area (Å²) in [7, 11) is -4.97. The second kappa shape index (κ2) is 25.5. The van der Waals surface area contributed by atoms with E-state index in [0.29, 0.717) is 12.1 Å². The highest BCUT2D eigenvalue weighted by atomic mass is 31.2. The molecular weight excluding hydrogens is 1060 g/mol. The van der Waals surface area contributed by atoms with Crippen LogP contribution in [-0.2, 0) is 63.3 Å². The third-order valence-electron chi connectivity index (χ3n) is 12.6. The molecule has 0 saturated heterocycles. The quantitative estimate of drug-likeness (QED) is 0.0360. The molecule has 4 atom stereocenters. The third-order valence-corrected chi connectivity index (χ3v) is 15.4. The fourth-order valence-corrected chi connectivity index (χ4v) is 10.2. The first-order valence-corrected chi connectivity index (χ1v) is 26.8. The topological polar surface area (TPSA) is 307 Å². The van der Waals surface area contributed by atoms with Crippen LogP contribution in [0.15, 0.2) is 58.4 Å². The molecule has 0 fully saturated rings. The van der Waals surface area contributed by atoms with E-state index in [9.17, 15) is 65.7 Å². The van der Waals surface area contributed by atoms with E-state index in [4.69, 9.17) is 37.8 Å². The van der Waals surface area contributed by atoms with Crippen LogP contribution in [-0.4, -0.2) is 131 Å². The number of aromatic hydroxyl groups is 2. The van der Waals surface area contributed by atoms with E-state index in [1.165, 1.54) is 30.3 Å². The normalized spacial score (nSPS) is 19.3. The van der Waals surface area contributed by atoms with Crippen molar-refractivity contribution in [1.29, 1.82) is 0 Å². The number of amides is 2. The molecule has 416 valence electrons. The number of methoxy groups -OCH3 is 2. The van der Waals surface area contributed by atoms with Gasteiger partial charge >= 0.3 is 15.2 Å². The van der Waals surface area contributed by atoms with Gasteiger partial charge in [-0.1, -0.05) is 12.1 Å². The lowest BCUT2D eigenvalue weighted by molar-refractivity contribution is -0.0519. The summed E-state index contributed by atoms with van der Waals surface area (Å²) in [6.45, 7) is 5.06. The van der Waals surface area contributed by atoms with Crippen molar-refractivity contribution in [2.45, 2.75) is 66.1 Å². The zero-order valence-corrected chi connectivity index (χ0v) is 43.9. The zero-order valence-electron chi connectivity index (χ0n) is 42.1. The molecule has 2 aliphatic heterocycles. The molecule has 0 bridgehead atoms. The Balaban J connectivity index is 0.000000282. The van der Waals surface area contributed by atoms with Gasteiger partial charge in [0.1, 0.15) is 45.8 Å². The molecule has 4 heterocycles. The summed E-state index contributed by atoms with van der Waals surface area (Å²) in [5.74, 6) is -8.51. The number of pyridine rings is 2. The summed E-state index contributed by atoms with van der Waals surface area (Å²) >= 11 is 0. The first-order chi connectivity index (χ1) is 35.7. The summed E-state index contributed by atoms with van der Waals surface area (Å²) in [6.07, 6.45) is -0.0399. The standard InChI is InChI=1S/C26H33F2N2O9P.C22H25F2N2O9P/c1-5-38-40(35,39-6-2)10-9-37-15-26(3)20(36-4)14-30-13-18(22(31)23(32)21(30)24(26)33)25(34)29-12-16-7-8-17(27)11-19(16)28;1-22(11-35-5-6-36(31,32)33)16(34-2)10-26-9-14(18(27)19(28)17(26)20(22)29)21(30)25-8-12-3-4-13(23)7-15(12)24/h7-8,11,13,20,32H,5-6,9-10,12,14-15H2,1-4H3,(H,29,34);3-4,7,9,16,28H,5-6,8,10-11H2,1-2H3,(H,25,30)(H2,31,32,33). The van der Waals surface area contributed by atoms with Gasteiger partial charge in [-0.15, -0.1) is 0 Å². The highest BCUT2D eigenvalue weighted by Crippen LogP contribution is 2.48. The van der Waals surface area contributed by atoms with E-state index in [0.717, 1.165) is 36.7 Å². The van der Waals surface area contributed by atoms with Crippen molar-refractivity contribution < 1.29 is 93.9 Å². The molecular formula is C48H58F4N4O18P2. The monoisotopic (exact) mass is 1120 g/mol. The number of benzene rings is 2. The second-order valence-electron chi connectivity index (χ2n) is 17.9. The van der Waals surface area contributed by atoms with E-state index in [1.54, 1.807) is 20.8 Å². The zero-order chi connectivity index (χ0) is 56.5. The number of hydrogen-bond acceptors (Lipinski definition) is 16. The average molecular weight is 1120 g/mol. The number of aromatic nitrogens is 2. The van der Waals surface area contributed by atoms with Gasteiger partial charge in [-0.2, -0.15) is 0 Å². The van der Waals surface area contributed by atoms with E-state index in [-0.39, 0.29) is 94.5 Å². The minimum absolute atomic E-state index is 0.0127. The van der Waals surface area contributed by atoms with Crippen LogP contribution in [0.3, 0.4) is 0 Å². The second-order valence-corrected chi connectivity index (χ2v) is 21.8. The van der Waals surface area contributed by atoms with Crippen LogP contribution in [0.4, 0.5) is 17.6 Å². The molecule has 2 aliphatic rings. The van der Waals surface area contributed by atoms with Crippen LogP contribution in [0.5, 0.6) is 11.5 Å². The number of rotatable bonds is 22. The molecule has 22 nitrogen and oxygen atoms in total. The van der Waals surface area contributed by atoms with Gasteiger partial charge in [-0.3, -0.25) is 37.9 Å². The Morgan fingerprint density at radius 3 is 1.39 bits per heavy atom. The summed E-state index contributed by atoms with van der Waals surface area (Å²) in [5, 5.41) is 25.9. The van der Waals surface area contributed by atoms with Crippen LogP contribution >= 0.6 is 15.2 Å². The van der Waals surface area contributed by atoms with Crippen molar-refractivity contribution in [3.05, 3.63) is 126 Å². The number of hydrogen-bond donors (Lipinski definition) is 6. The number of carbonyl (C=O) groups is 4. The largest absolute Gasteiger partial charge is 0.503 e. The maximum Gasteiger partial charge on any atom is 0.332 e. The summed E-state index contributed by atoms with van der Waals surface area (Å²) < 4.78 is 113. The number of nitrogens with one attached hydrogen (secondary N) is 2. The van der Waals surface area contributed by atoms with Crippen LogP contribution in [0.25, 0.3) is 0 Å². The predicted molar refractivity (Wildman–Crippen MR) is 261 cm³/mol. The van der Waals surface area contributed by atoms with E-state index >= 15 is 0 Å². The van der Waals surface area contributed by atoms with Gasteiger partial charge in [-0.05, 0) is 39.8 Å². The Labute approximate surface area is 431 Å². The molecule has 0 spiro atoms. The first-order valence-electron chi connectivity index (χ1n) is 23.3. The molecule has 6 rings (SSSR count). The molecule has 0 saturated carbocycles. The highest BCUT2D eigenvalue weighted by Gasteiger charge is 2.50. The fraction of sp³-hybridized carbons (Fsp3) is 0.458. The summed E-state index contributed by atoms with van der Waals surface area (Å²) in [4.78, 5) is 95.8. The Morgan fingerprint density at radius 1 is 0.671 bits per heavy atom. The number of ether oxygens (including phenoxy) is 4. The Hall–Kier alpha value is -5.92. The van der Waals surface area contributed by atoms with Gasteiger partial charge in [0.25, 0.3) is 11.8 Å². The summed E-state index contributed by atoms with van der Waals surface area (Å²) in [5.41, 5.74) is -6.72. The van der Waals surface area contributed by atoms with Gasteiger partial charge < -0.3 is 67.8 Å². The lowest BCUT2D eigenvalue weighted by Gasteiger charge is -2.40. The van der Waals surface area contributed by atoms with E-state index in [2.05, 4.69) is 10.6 Å². The Kier molecular flexibility index (Phi) is 20.4. The maximum atomic E-state index is 13.9. The maximum absolute atomic E-state index is 13.9.